The van der Waals surface area contributed by atoms with Crippen molar-refractivity contribution in [3.63, 3.8) is 0 Å². The zero-order chi connectivity index (χ0) is 22.5. The molecule has 0 saturated carbocycles. The molecule has 17 heteroatoms. The summed E-state index contributed by atoms with van der Waals surface area (Å²) in [4.78, 5) is 13.5. The number of piperidine rings is 2. The standard InChI is InChI=1S/C13H23N5O9S3/c1-28(20,21)16-6-2-3-10(8-16)29(22,23)15-12(14)11-5-4-9-7-17(11)13(19)18(9)27-30(24,25)26/h9-11H,2-8H2,1H3,(H2,14,15)(H,24,25,26)/t9-,10?,11+/m1/s1. The molecule has 0 aromatic carbocycles. The van der Waals surface area contributed by atoms with Gasteiger partial charge in [-0.25, -0.2) is 25.9 Å². The minimum atomic E-state index is -4.91. The van der Waals surface area contributed by atoms with Crippen molar-refractivity contribution < 1.29 is 38.9 Å². The van der Waals surface area contributed by atoms with Gasteiger partial charge in [-0.1, -0.05) is 0 Å². The quantitative estimate of drug-likeness (QED) is 0.241. The molecule has 0 aromatic rings. The monoisotopic (exact) mass is 489 g/mol. The number of urea groups is 1. The smallest absolute Gasteiger partial charge is 0.385 e. The summed E-state index contributed by atoms with van der Waals surface area (Å²) in [6.45, 7) is 0.00379. The number of hydrogen-bond acceptors (Lipinski definition) is 8. The third kappa shape index (κ3) is 4.86. The second-order valence-corrected chi connectivity index (χ2v) is 12.3. The van der Waals surface area contributed by atoms with Gasteiger partial charge in [0.1, 0.15) is 5.84 Å². The first kappa shape index (κ1) is 23.1. The Hall–Kier alpha value is -1.53. The van der Waals surface area contributed by atoms with Gasteiger partial charge >= 0.3 is 16.4 Å². The lowest BCUT2D eigenvalue weighted by Gasteiger charge is -2.31. The summed E-state index contributed by atoms with van der Waals surface area (Å²) in [5, 5.41) is -0.549. The van der Waals surface area contributed by atoms with Crippen molar-refractivity contribution in [2.24, 2.45) is 10.1 Å². The van der Waals surface area contributed by atoms with E-state index in [2.05, 4.69) is 8.68 Å². The minimum absolute atomic E-state index is 0.0145. The van der Waals surface area contributed by atoms with Gasteiger partial charge in [0.05, 0.1) is 23.6 Å². The van der Waals surface area contributed by atoms with Crippen LogP contribution in [-0.2, 0) is 34.7 Å². The number of carbonyl (C=O) groups excluding carboxylic acids is 1. The van der Waals surface area contributed by atoms with Crippen LogP contribution in [0.3, 0.4) is 0 Å². The maximum Gasteiger partial charge on any atom is 0.418 e. The number of amides is 2. The van der Waals surface area contributed by atoms with Crippen molar-refractivity contribution in [1.82, 2.24) is 14.3 Å². The summed E-state index contributed by atoms with van der Waals surface area (Å²) in [6, 6.07) is -2.45. The minimum Gasteiger partial charge on any atom is -0.385 e. The fraction of sp³-hybridized carbons (Fsp3) is 0.846. The third-order valence-corrected chi connectivity index (χ3v) is 8.61. The van der Waals surface area contributed by atoms with Crippen LogP contribution in [0.1, 0.15) is 25.7 Å². The maximum absolute atomic E-state index is 12.7. The molecule has 0 aliphatic carbocycles. The molecule has 3 saturated heterocycles. The molecule has 3 aliphatic heterocycles. The molecule has 30 heavy (non-hydrogen) atoms. The van der Waals surface area contributed by atoms with E-state index in [-0.39, 0.29) is 44.7 Å². The predicted octanol–water partition coefficient (Wildman–Crippen LogP) is -1.90. The highest BCUT2D eigenvalue weighted by molar-refractivity contribution is 7.91. The van der Waals surface area contributed by atoms with Crippen LogP contribution in [0.15, 0.2) is 4.40 Å². The Kier molecular flexibility index (Phi) is 6.07. The molecule has 3 N–H and O–H groups in total. The zero-order valence-corrected chi connectivity index (χ0v) is 18.4. The fourth-order valence-electron chi connectivity index (χ4n) is 3.87. The summed E-state index contributed by atoms with van der Waals surface area (Å²) >= 11 is 0. The lowest BCUT2D eigenvalue weighted by molar-refractivity contribution is -0.0316. The topological polar surface area (TPSA) is 197 Å². The van der Waals surface area contributed by atoms with Gasteiger partial charge in [-0.3, -0.25) is 4.55 Å². The van der Waals surface area contributed by atoms with E-state index in [9.17, 15) is 30.0 Å². The fourth-order valence-corrected chi connectivity index (χ4v) is 6.66. The first-order chi connectivity index (χ1) is 13.7. The molecule has 1 unspecified atom stereocenters. The number of carbonyl (C=O) groups is 1. The Morgan fingerprint density at radius 1 is 1.13 bits per heavy atom. The molecule has 14 nitrogen and oxygen atoms in total. The van der Waals surface area contributed by atoms with Crippen LogP contribution in [-0.4, -0.2) is 99.2 Å². The van der Waals surface area contributed by atoms with Gasteiger partial charge in [-0.15, -0.1) is 8.68 Å². The summed E-state index contributed by atoms with van der Waals surface area (Å²) in [7, 11) is -12.6. The number of hydroxylamine groups is 2. The maximum atomic E-state index is 12.7. The van der Waals surface area contributed by atoms with Gasteiger partial charge in [0.2, 0.25) is 10.0 Å². The molecular formula is C13H23N5O9S3. The zero-order valence-electron chi connectivity index (χ0n) is 16.0. The summed E-state index contributed by atoms with van der Waals surface area (Å²) in [6.07, 6.45) is 2.01. The second-order valence-electron chi connectivity index (χ2n) is 7.43. The highest BCUT2D eigenvalue weighted by Crippen LogP contribution is 2.31. The van der Waals surface area contributed by atoms with Crippen molar-refractivity contribution in [1.29, 1.82) is 0 Å². The van der Waals surface area contributed by atoms with Crippen LogP contribution < -0.4 is 5.73 Å². The van der Waals surface area contributed by atoms with Gasteiger partial charge in [0.25, 0.3) is 10.0 Å². The van der Waals surface area contributed by atoms with Gasteiger partial charge in [0.15, 0.2) is 0 Å². The van der Waals surface area contributed by atoms with Crippen molar-refractivity contribution in [2.75, 3.05) is 25.9 Å². The van der Waals surface area contributed by atoms with E-state index < -0.39 is 53.8 Å². The van der Waals surface area contributed by atoms with Crippen molar-refractivity contribution in [3.8, 4) is 0 Å². The second kappa shape index (κ2) is 7.86. The highest BCUT2D eigenvalue weighted by Gasteiger charge is 2.48. The van der Waals surface area contributed by atoms with Crippen LogP contribution >= 0.6 is 0 Å². The summed E-state index contributed by atoms with van der Waals surface area (Å²) < 4.78 is 88.6. The third-order valence-electron chi connectivity index (χ3n) is 5.30. The Balaban J connectivity index is 1.78. The molecular weight excluding hydrogens is 466 g/mol. The van der Waals surface area contributed by atoms with E-state index in [0.29, 0.717) is 11.5 Å². The number of hydrogen-bond donors (Lipinski definition) is 2. The summed E-state index contributed by atoms with van der Waals surface area (Å²) in [5.41, 5.74) is 5.90. The van der Waals surface area contributed by atoms with Crippen molar-refractivity contribution in [2.45, 2.75) is 43.0 Å². The number of amidine groups is 1. The SMILES string of the molecule is CS(=O)(=O)N1CCCC(S(=O)(=O)N=C(N)[C@@H]2CC[C@@H]3CN2C(=O)N3OS(=O)(=O)O)C1. The number of nitrogens with two attached hydrogens (primary N) is 1. The first-order valence-corrected chi connectivity index (χ1v) is 13.7. The van der Waals surface area contributed by atoms with Crippen molar-refractivity contribution >= 4 is 42.3 Å². The Bertz CT molecular complexity index is 1060. The number of nitrogens with zero attached hydrogens (tertiary/aromatic N) is 4. The molecule has 3 atom stereocenters. The highest BCUT2D eigenvalue weighted by atomic mass is 32.3. The van der Waals surface area contributed by atoms with E-state index in [1.165, 1.54) is 0 Å². The predicted molar refractivity (Wildman–Crippen MR) is 103 cm³/mol. The Morgan fingerprint density at radius 3 is 2.40 bits per heavy atom. The lowest BCUT2D eigenvalue weighted by Crippen LogP contribution is -2.49. The number of sulfonamides is 2. The molecule has 3 aliphatic rings. The van der Waals surface area contributed by atoms with Crippen LogP contribution in [0.4, 0.5) is 4.79 Å². The van der Waals surface area contributed by atoms with Gasteiger partial charge in [-0.2, -0.15) is 13.5 Å². The van der Waals surface area contributed by atoms with Crippen LogP contribution in [0.2, 0.25) is 0 Å². The molecule has 2 bridgehead atoms. The van der Waals surface area contributed by atoms with Gasteiger partial charge < -0.3 is 10.6 Å². The number of rotatable bonds is 6. The molecule has 3 rings (SSSR count). The molecule has 2 amide bonds. The average molecular weight is 490 g/mol. The van der Waals surface area contributed by atoms with Crippen molar-refractivity contribution in [3.05, 3.63) is 0 Å². The molecule has 3 heterocycles. The van der Waals surface area contributed by atoms with E-state index >= 15 is 0 Å². The molecule has 172 valence electrons. The molecule has 0 spiro atoms. The average Bonchev–Trinajstić information content (AvgIpc) is 2.84. The summed E-state index contributed by atoms with van der Waals surface area (Å²) in [5.74, 6) is -0.355. The first-order valence-electron chi connectivity index (χ1n) is 9.00. The van der Waals surface area contributed by atoms with Crippen LogP contribution in [0, 0.1) is 0 Å². The van der Waals surface area contributed by atoms with Crippen LogP contribution in [0.25, 0.3) is 0 Å². The normalized spacial score (nSPS) is 29.5. The number of fused-ring (bicyclic) bond motifs is 2. The van der Waals surface area contributed by atoms with Gasteiger partial charge in [-0.05, 0) is 25.7 Å². The van der Waals surface area contributed by atoms with E-state index in [0.717, 1.165) is 15.5 Å². The molecule has 0 radical (unpaired) electrons. The lowest BCUT2D eigenvalue weighted by atomic mass is 10.0. The molecule has 3 fully saturated rings. The Morgan fingerprint density at radius 2 is 1.80 bits per heavy atom. The van der Waals surface area contributed by atoms with Crippen LogP contribution in [0.5, 0.6) is 0 Å². The Labute approximate surface area is 174 Å². The van der Waals surface area contributed by atoms with E-state index in [1.54, 1.807) is 0 Å². The molecule has 0 aromatic heterocycles. The van der Waals surface area contributed by atoms with E-state index in [1.807, 2.05) is 0 Å². The van der Waals surface area contributed by atoms with E-state index in [4.69, 9.17) is 10.3 Å². The largest absolute Gasteiger partial charge is 0.418 e. The van der Waals surface area contributed by atoms with Gasteiger partial charge in [0, 0.05) is 19.6 Å².